The maximum absolute atomic E-state index is 9.96. The van der Waals surface area contributed by atoms with Gasteiger partial charge < -0.3 is 30.3 Å². The Bertz CT molecular complexity index is 193. The molecule has 72 valence electrons. The van der Waals surface area contributed by atoms with Crippen molar-refractivity contribution < 1.29 is 33.1 Å². The van der Waals surface area contributed by atoms with E-state index in [1.807, 2.05) is 0 Å². The molecule has 0 aromatic rings. The monoisotopic (exact) mass is 183 g/mol. The molecule has 0 spiro atoms. The van der Waals surface area contributed by atoms with Crippen LogP contribution < -0.4 is 0 Å². The predicted octanol–water partition coefficient (Wildman–Crippen LogP) is -3.38. The van der Waals surface area contributed by atoms with E-state index in [2.05, 4.69) is 0 Å². The highest BCUT2D eigenvalue weighted by Gasteiger charge is 2.29. The van der Waals surface area contributed by atoms with Crippen molar-refractivity contribution in [1.82, 2.24) is 0 Å². The maximum atomic E-state index is 9.96. The largest absolute Gasteiger partial charge is 0.394 e. The molecule has 0 fully saturated rings. The van der Waals surface area contributed by atoms with Crippen LogP contribution in [0.4, 0.5) is 0 Å². The van der Waals surface area contributed by atoms with E-state index in [0.29, 0.717) is 0 Å². The average Bonchev–Trinajstić information content (AvgIpc) is 2.11. The molecule has 5 N–H and O–H groups in total. The zero-order valence-corrected chi connectivity index (χ0v) is 6.03. The molecule has 6 nitrogen and oxygen atoms in total. The number of carbonyl (C=O) groups is 1. The van der Waals surface area contributed by atoms with Gasteiger partial charge in [-0.3, -0.25) is 0 Å². The highest BCUT2D eigenvalue weighted by molar-refractivity contribution is 5.56. The van der Waals surface area contributed by atoms with Gasteiger partial charge >= 0.3 is 0 Å². The summed E-state index contributed by atoms with van der Waals surface area (Å²) in [5.74, 6) is 0. The van der Waals surface area contributed by atoms with Crippen LogP contribution in [0.15, 0.2) is 0 Å². The van der Waals surface area contributed by atoms with Crippen LogP contribution in [0.3, 0.4) is 0 Å². The molecule has 0 amide bonds. The fourth-order valence-electron chi connectivity index (χ4n) is 0.546. The molecular formula is C6H12O6. The number of hydrogen-bond donors (Lipinski definition) is 5. The second-order valence-electron chi connectivity index (χ2n) is 2.18. The maximum Gasteiger partial charge on any atom is 0.151 e. The van der Waals surface area contributed by atoms with Crippen LogP contribution in [-0.4, -0.2) is 62.8 Å². The molecule has 0 rings (SSSR count). The molecular weight excluding hydrogens is 169 g/mol. The van der Waals surface area contributed by atoms with E-state index < -0.39 is 31.0 Å². The van der Waals surface area contributed by atoms with Crippen molar-refractivity contribution in [2.24, 2.45) is 0 Å². The van der Waals surface area contributed by atoms with Crippen LogP contribution in [-0.2, 0) is 4.79 Å². The third-order valence-electron chi connectivity index (χ3n) is 1.30. The second-order valence-corrected chi connectivity index (χ2v) is 2.18. The Morgan fingerprint density at radius 2 is 1.75 bits per heavy atom. The van der Waals surface area contributed by atoms with Crippen molar-refractivity contribution in [2.75, 3.05) is 6.56 Å². The average molecular weight is 183 g/mol. The molecule has 12 heavy (non-hydrogen) atoms. The van der Waals surface area contributed by atoms with Crippen LogP contribution in [0.5, 0.6) is 0 Å². The summed E-state index contributed by atoms with van der Waals surface area (Å²) in [5.41, 5.74) is 0. The lowest BCUT2D eigenvalue weighted by molar-refractivity contribution is -0.136. The van der Waals surface area contributed by atoms with E-state index in [1.165, 1.54) is 0 Å². The Labute approximate surface area is 71.5 Å². The first-order valence-electron chi connectivity index (χ1n) is 4.11. The van der Waals surface area contributed by atoms with E-state index in [9.17, 15) is 4.79 Å². The molecule has 0 aromatic heterocycles. The number of rotatable bonds is 5. The predicted molar refractivity (Wildman–Crippen MR) is 37.2 cm³/mol. The normalized spacial score (nSPS) is 24.8. The summed E-state index contributed by atoms with van der Waals surface area (Å²) >= 11 is 0. The van der Waals surface area contributed by atoms with E-state index in [4.69, 9.17) is 28.3 Å². The summed E-state index contributed by atoms with van der Waals surface area (Å²) in [7, 11) is 0. The number of aliphatic hydroxyl groups excluding tert-OH is 4. The summed E-state index contributed by atoms with van der Waals surface area (Å²) in [5, 5.41) is 44.2. The molecule has 0 aliphatic heterocycles. The van der Waals surface area contributed by atoms with Crippen LogP contribution in [0, 0.1) is 0 Å². The quantitative estimate of drug-likeness (QED) is 0.224. The summed E-state index contributed by atoms with van der Waals surface area (Å²) in [6.07, 6.45) is -8.61. The van der Waals surface area contributed by atoms with Crippen molar-refractivity contribution >= 4 is 6.29 Å². The molecule has 4 atom stereocenters. The highest BCUT2D eigenvalue weighted by atomic mass is 16.4. The SMILES string of the molecule is [2H][13C]([2H])(O)[C@@H](O)[C@@H](O)[C@H](O)[C@@H](O)C=O. The molecule has 0 heterocycles. The summed E-state index contributed by atoms with van der Waals surface area (Å²) in [6.45, 7) is -3.14. The number of aldehydes is 1. The van der Waals surface area contributed by atoms with Gasteiger partial charge in [-0.25, -0.2) is 0 Å². The minimum absolute atomic E-state index is 0.0897. The van der Waals surface area contributed by atoms with Crippen LogP contribution in [0.25, 0.3) is 0 Å². The lowest BCUT2D eigenvalue weighted by Crippen LogP contribution is -2.46. The molecule has 0 saturated carbocycles. The summed E-state index contributed by atoms with van der Waals surface area (Å²) in [6, 6.07) is 0. The fourth-order valence-corrected chi connectivity index (χ4v) is 0.546. The molecule has 6 heteroatoms. The van der Waals surface area contributed by atoms with Crippen molar-refractivity contribution in [1.29, 1.82) is 0 Å². The van der Waals surface area contributed by atoms with Gasteiger partial charge in [-0.05, 0) is 0 Å². The van der Waals surface area contributed by atoms with Gasteiger partial charge in [0, 0.05) is 0 Å². The van der Waals surface area contributed by atoms with Crippen LogP contribution in [0.2, 0.25) is 0 Å². The molecule has 0 unspecified atom stereocenters. The van der Waals surface area contributed by atoms with Gasteiger partial charge in [0.05, 0.1) is 9.30 Å². The van der Waals surface area contributed by atoms with Gasteiger partial charge in [0.15, 0.2) is 6.29 Å². The van der Waals surface area contributed by atoms with Crippen LogP contribution in [0.1, 0.15) is 2.74 Å². The van der Waals surface area contributed by atoms with Gasteiger partial charge in [-0.15, -0.1) is 0 Å². The molecule has 0 bridgehead atoms. The molecule has 0 aliphatic carbocycles. The van der Waals surface area contributed by atoms with Crippen molar-refractivity contribution in [2.45, 2.75) is 24.4 Å². The van der Waals surface area contributed by atoms with Gasteiger partial charge in [0.2, 0.25) is 0 Å². The first-order valence-corrected chi connectivity index (χ1v) is 3.11. The first-order chi connectivity index (χ1) is 6.21. The van der Waals surface area contributed by atoms with Gasteiger partial charge in [0.1, 0.15) is 24.4 Å². The van der Waals surface area contributed by atoms with Crippen molar-refractivity contribution in [3.8, 4) is 0 Å². The zero-order valence-electron chi connectivity index (χ0n) is 8.03. The van der Waals surface area contributed by atoms with E-state index in [1.54, 1.807) is 0 Å². The van der Waals surface area contributed by atoms with Crippen molar-refractivity contribution in [3.63, 3.8) is 0 Å². The highest BCUT2D eigenvalue weighted by Crippen LogP contribution is 2.02. The number of carbonyl (C=O) groups excluding carboxylic acids is 1. The Balaban J connectivity index is 4.46. The zero-order chi connectivity index (χ0) is 11.5. The standard InChI is InChI=1S/C6H12O6/c7-1-3(9)5(11)6(12)4(10)2-8/h1,3-6,8-12H,2H2/t3-,4+,5+,6+/m0/s1/i2+1D2. The Kier molecular flexibility index (Phi) is 3.49. The minimum Gasteiger partial charge on any atom is -0.394 e. The van der Waals surface area contributed by atoms with Crippen LogP contribution >= 0.6 is 0 Å². The second kappa shape index (κ2) is 5.18. The lowest BCUT2D eigenvalue weighted by Gasteiger charge is -2.22. The topological polar surface area (TPSA) is 118 Å². The Morgan fingerprint density at radius 3 is 2.08 bits per heavy atom. The van der Waals surface area contributed by atoms with Gasteiger partial charge in [-0.1, -0.05) is 0 Å². The molecule has 0 aliphatic rings. The Morgan fingerprint density at radius 1 is 1.25 bits per heavy atom. The summed E-state index contributed by atoms with van der Waals surface area (Å²) in [4.78, 5) is 9.96. The molecule has 0 saturated heterocycles. The number of aliphatic hydroxyl groups is 5. The number of hydrogen-bond acceptors (Lipinski definition) is 6. The van der Waals surface area contributed by atoms with Gasteiger partial charge in [0.25, 0.3) is 0 Å². The van der Waals surface area contributed by atoms with E-state index >= 15 is 0 Å². The van der Waals surface area contributed by atoms with E-state index in [0.717, 1.165) is 0 Å². The molecule has 0 radical (unpaired) electrons. The third kappa shape index (κ3) is 2.84. The minimum atomic E-state index is -3.14. The third-order valence-corrected chi connectivity index (χ3v) is 1.30. The Hall–Kier alpha value is -0.530. The first kappa shape index (κ1) is 8.09. The smallest absolute Gasteiger partial charge is 0.151 e. The summed E-state index contributed by atoms with van der Waals surface area (Å²) < 4.78 is 13.2. The van der Waals surface area contributed by atoms with E-state index in [-0.39, 0.29) is 6.29 Å². The molecule has 0 aromatic carbocycles. The fraction of sp³-hybridized carbons (Fsp3) is 0.833. The van der Waals surface area contributed by atoms with Gasteiger partial charge in [-0.2, -0.15) is 0 Å². The van der Waals surface area contributed by atoms with Crippen molar-refractivity contribution in [3.05, 3.63) is 0 Å². The lowest BCUT2D eigenvalue weighted by atomic mass is 10.1.